The zero-order chi connectivity index (χ0) is 22.7. The van der Waals surface area contributed by atoms with Gasteiger partial charge in [-0.3, -0.25) is 9.69 Å². The van der Waals surface area contributed by atoms with Crippen LogP contribution in [0.15, 0.2) is 0 Å². The predicted octanol–water partition coefficient (Wildman–Crippen LogP) is 3.89. The number of piperidine rings is 4. The quantitative estimate of drug-likeness (QED) is 0.545. The van der Waals surface area contributed by atoms with E-state index in [1.165, 1.54) is 103 Å². The van der Waals surface area contributed by atoms with E-state index in [2.05, 4.69) is 20.9 Å². The molecular formula is C29H48N4O. The van der Waals surface area contributed by atoms with Crippen LogP contribution in [0.4, 0.5) is 0 Å². The van der Waals surface area contributed by atoms with Crippen LogP contribution in [0.3, 0.4) is 0 Å². The number of rotatable bonds is 1. The average Bonchev–Trinajstić information content (AvgIpc) is 2.91. The summed E-state index contributed by atoms with van der Waals surface area (Å²) >= 11 is 0. The summed E-state index contributed by atoms with van der Waals surface area (Å²) in [6.07, 6.45) is 19.9. The Hall–Kier alpha value is -0.490. The number of carbonyl (C=O) groups is 1. The van der Waals surface area contributed by atoms with Gasteiger partial charge in [0, 0.05) is 24.4 Å². The fourth-order valence-corrected chi connectivity index (χ4v) is 11.2. The average molecular weight is 469 g/mol. The summed E-state index contributed by atoms with van der Waals surface area (Å²) in [7, 11) is 0. The molecule has 5 nitrogen and oxygen atoms in total. The second-order valence-electron chi connectivity index (χ2n) is 13.1. The minimum atomic E-state index is 0.277. The van der Waals surface area contributed by atoms with Crippen molar-refractivity contribution in [1.82, 2.24) is 20.9 Å². The molecule has 0 aromatic heterocycles. The standard InChI is InChI=1S/C29H48N4O/c34-26-20-10-4-5-11-22(20)29(23-14-17-30-18-21(23)26)24-12-6-15-31-27(24)33(19-8-2-1-3-9-19)28-25(29)13-7-16-32-28/h19-25,27-28,30-32H,1-18H2. The maximum absolute atomic E-state index is 14.0. The molecule has 5 heteroatoms. The van der Waals surface area contributed by atoms with Crippen LogP contribution >= 0.6 is 0 Å². The molecular weight excluding hydrogens is 420 g/mol. The highest BCUT2D eigenvalue weighted by Crippen LogP contribution is 2.68. The third kappa shape index (κ3) is 3.22. The highest BCUT2D eigenvalue weighted by atomic mass is 16.1. The summed E-state index contributed by atoms with van der Waals surface area (Å²) in [5.41, 5.74) is 0.354. The number of Topliss-reactive ketones (excluding diaryl/α,β-unsaturated/α-hetero) is 1. The van der Waals surface area contributed by atoms with E-state index in [-0.39, 0.29) is 5.92 Å². The van der Waals surface area contributed by atoms with Gasteiger partial charge >= 0.3 is 0 Å². The van der Waals surface area contributed by atoms with Gasteiger partial charge in [0.15, 0.2) is 0 Å². The lowest BCUT2D eigenvalue weighted by molar-refractivity contribution is -0.244. The van der Waals surface area contributed by atoms with Gasteiger partial charge in [-0.2, -0.15) is 0 Å². The van der Waals surface area contributed by atoms with Gasteiger partial charge in [0.2, 0.25) is 0 Å². The zero-order valence-electron chi connectivity index (χ0n) is 21.3. The van der Waals surface area contributed by atoms with E-state index in [1.807, 2.05) is 0 Å². The van der Waals surface area contributed by atoms with Crippen LogP contribution in [0.2, 0.25) is 0 Å². The van der Waals surface area contributed by atoms with Crippen molar-refractivity contribution in [2.45, 2.75) is 108 Å². The Morgan fingerprint density at radius 1 is 0.618 bits per heavy atom. The molecule has 4 heterocycles. The summed E-state index contributed by atoms with van der Waals surface area (Å²) in [6.45, 7) is 4.44. The molecule has 190 valence electrons. The lowest BCUT2D eigenvalue weighted by atomic mass is 9.38. The number of hydrogen-bond acceptors (Lipinski definition) is 5. The molecule has 1 spiro atoms. The minimum Gasteiger partial charge on any atom is -0.316 e. The number of hydrogen-bond donors (Lipinski definition) is 3. The normalized spacial score (nSPS) is 50.2. The van der Waals surface area contributed by atoms with Crippen LogP contribution in [-0.2, 0) is 4.79 Å². The van der Waals surface area contributed by atoms with Gasteiger partial charge in [-0.05, 0) is 107 Å². The van der Waals surface area contributed by atoms with Crippen LogP contribution in [-0.4, -0.2) is 55.2 Å². The Kier molecular flexibility index (Phi) is 6.08. The number of nitrogens with one attached hydrogen (secondary N) is 3. The Bertz CT molecular complexity index is 713. The molecule has 3 saturated carbocycles. The fraction of sp³-hybridized carbons (Fsp3) is 0.966. The van der Waals surface area contributed by atoms with Crippen molar-refractivity contribution in [2.75, 3.05) is 26.2 Å². The van der Waals surface area contributed by atoms with E-state index >= 15 is 0 Å². The molecule has 34 heavy (non-hydrogen) atoms. The molecule has 7 rings (SSSR count). The molecule has 0 amide bonds. The first-order valence-corrected chi connectivity index (χ1v) is 15.3. The molecule has 4 saturated heterocycles. The van der Waals surface area contributed by atoms with Gasteiger partial charge in [-0.1, -0.05) is 32.1 Å². The van der Waals surface area contributed by atoms with Crippen molar-refractivity contribution in [2.24, 2.45) is 40.9 Å². The molecule has 8 unspecified atom stereocenters. The number of carbonyl (C=O) groups excluding carboxylic acids is 1. The largest absolute Gasteiger partial charge is 0.316 e. The summed E-state index contributed by atoms with van der Waals surface area (Å²) in [6, 6.07) is 0.749. The molecule has 4 aliphatic heterocycles. The first-order valence-electron chi connectivity index (χ1n) is 15.3. The second kappa shape index (κ2) is 9.11. The molecule has 3 N–H and O–H groups in total. The molecule has 7 fully saturated rings. The van der Waals surface area contributed by atoms with E-state index in [4.69, 9.17) is 0 Å². The van der Waals surface area contributed by atoms with E-state index in [0.29, 0.717) is 41.3 Å². The van der Waals surface area contributed by atoms with Crippen LogP contribution in [0.25, 0.3) is 0 Å². The van der Waals surface area contributed by atoms with Crippen LogP contribution in [0.5, 0.6) is 0 Å². The van der Waals surface area contributed by atoms with Gasteiger partial charge < -0.3 is 16.0 Å². The Labute approximate surface area is 206 Å². The summed E-state index contributed by atoms with van der Waals surface area (Å²) in [4.78, 5) is 17.0. The Balaban J connectivity index is 1.38. The maximum atomic E-state index is 14.0. The minimum absolute atomic E-state index is 0.277. The Morgan fingerprint density at radius 3 is 1.97 bits per heavy atom. The molecule has 0 radical (unpaired) electrons. The van der Waals surface area contributed by atoms with Crippen molar-refractivity contribution in [3.8, 4) is 0 Å². The first kappa shape index (κ1) is 22.7. The van der Waals surface area contributed by atoms with Crippen molar-refractivity contribution in [3.63, 3.8) is 0 Å². The van der Waals surface area contributed by atoms with Crippen LogP contribution < -0.4 is 16.0 Å². The lowest BCUT2D eigenvalue weighted by Gasteiger charge is -2.72. The van der Waals surface area contributed by atoms with Crippen molar-refractivity contribution in [3.05, 3.63) is 0 Å². The van der Waals surface area contributed by atoms with E-state index in [9.17, 15) is 4.79 Å². The third-order valence-electron chi connectivity index (χ3n) is 12.0. The van der Waals surface area contributed by atoms with E-state index in [0.717, 1.165) is 31.0 Å². The second-order valence-corrected chi connectivity index (χ2v) is 13.1. The van der Waals surface area contributed by atoms with Crippen molar-refractivity contribution in [1.29, 1.82) is 0 Å². The highest BCUT2D eigenvalue weighted by molar-refractivity contribution is 5.86. The van der Waals surface area contributed by atoms with Gasteiger partial charge in [-0.15, -0.1) is 0 Å². The molecule has 0 aromatic carbocycles. The van der Waals surface area contributed by atoms with E-state index < -0.39 is 0 Å². The fourth-order valence-electron chi connectivity index (χ4n) is 11.2. The van der Waals surface area contributed by atoms with Crippen LogP contribution in [0, 0.1) is 40.9 Å². The van der Waals surface area contributed by atoms with Crippen molar-refractivity contribution >= 4 is 5.78 Å². The van der Waals surface area contributed by atoms with Crippen molar-refractivity contribution < 1.29 is 4.79 Å². The third-order valence-corrected chi connectivity index (χ3v) is 12.0. The number of likely N-dealkylation sites (tertiary alicyclic amines) is 1. The monoisotopic (exact) mass is 468 g/mol. The number of nitrogens with zero attached hydrogens (tertiary/aromatic N) is 1. The summed E-state index contributed by atoms with van der Waals surface area (Å²) < 4.78 is 0. The maximum Gasteiger partial charge on any atom is 0.140 e. The number of fused-ring (bicyclic) bond motifs is 8. The van der Waals surface area contributed by atoms with Crippen LogP contribution in [0.1, 0.15) is 89.9 Å². The van der Waals surface area contributed by atoms with Gasteiger partial charge in [0.25, 0.3) is 0 Å². The lowest BCUT2D eigenvalue weighted by Crippen LogP contribution is -2.79. The molecule has 3 aliphatic carbocycles. The van der Waals surface area contributed by atoms with Gasteiger partial charge in [0.1, 0.15) is 5.78 Å². The molecule has 8 atom stereocenters. The predicted molar refractivity (Wildman–Crippen MR) is 135 cm³/mol. The van der Waals surface area contributed by atoms with E-state index in [1.54, 1.807) is 0 Å². The summed E-state index contributed by atoms with van der Waals surface area (Å²) in [5.74, 6) is 4.00. The highest BCUT2D eigenvalue weighted by Gasteiger charge is 2.70. The molecule has 7 aliphatic rings. The van der Waals surface area contributed by atoms with Gasteiger partial charge in [0.05, 0.1) is 12.3 Å². The van der Waals surface area contributed by atoms with Gasteiger partial charge in [-0.25, -0.2) is 0 Å². The summed E-state index contributed by atoms with van der Waals surface area (Å²) in [5, 5.41) is 12.0. The number of ketones is 1. The molecule has 0 aromatic rings. The topological polar surface area (TPSA) is 56.4 Å². The first-order chi connectivity index (χ1) is 16.8. The SMILES string of the molecule is O=C1C2CCCCC2C2(C3CCNCC13)C1CCCNC1N(C1CCCCC1)C1NCCCC12. The zero-order valence-corrected chi connectivity index (χ0v) is 21.3. The Morgan fingerprint density at radius 2 is 1.24 bits per heavy atom. The molecule has 0 bridgehead atoms. The smallest absolute Gasteiger partial charge is 0.140 e.